The third-order valence-electron chi connectivity index (χ3n) is 7.50. The first-order valence-electron chi connectivity index (χ1n) is 11.2. The lowest BCUT2D eigenvalue weighted by molar-refractivity contribution is -0.115. The molecule has 1 saturated heterocycles. The molecule has 8 heteroatoms. The first-order valence-corrected chi connectivity index (χ1v) is 11.6. The van der Waals surface area contributed by atoms with Gasteiger partial charge in [0.15, 0.2) is 0 Å². The summed E-state index contributed by atoms with van der Waals surface area (Å²) in [7, 11) is 0. The lowest BCUT2D eigenvalue weighted by Gasteiger charge is -2.36. The summed E-state index contributed by atoms with van der Waals surface area (Å²) >= 11 is 6.31. The number of hydrogen-bond donors (Lipinski definition) is 0. The lowest BCUT2D eigenvalue weighted by atomic mass is 9.81. The topological polar surface area (TPSA) is 67.2 Å². The summed E-state index contributed by atoms with van der Waals surface area (Å²) in [5.74, 6) is 2.33. The van der Waals surface area contributed by atoms with Gasteiger partial charge in [-0.15, -0.1) is 0 Å². The first-order chi connectivity index (χ1) is 15.7. The van der Waals surface area contributed by atoms with Crippen LogP contribution in [0.25, 0.3) is 5.69 Å². The molecule has 0 spiro atoms. The molecule has 0 N–H and O–H groups in total. The summed E-state index contributed by atoms with van der Waals surface area (Å²) in [6.45, 7) is 3.31. The van der Waals surface area contributed by atoms with Gasteiger partial charge < -0.3 is 9.69 Å². The normalized spacial score (nSPS) is 25.7. The minimum atomic E-state index is -0.274. The van der Waals surface area contributed by atoms with Crippen molar-refractivity contribution in [3.05, 3.63) is 65.3 Å². The van der Waals surface area contributed by atoms with Gasteiger partial charge in [-0.1, -0.05) is 17.7 Å². The maximum atomic E-state index is 12.5. The number of benzene rings is 1. The Balaban J connectivity index is 1.22. The van der Waals surface area contributed by atoms with E-state index >= 15 is 0 Å². The molecule has 3 aliphatic rings. The zero-order chi connectivity index (χ0) is 21.7. The van der Waals surface area contributed by atoms with E-state index < -0.39 is 0 Å². The minimum absolute atomic E-state index is 0.224. The number of carbonyl (C=O) groups is 1. The maximum absolute atomic E-state index is 12.5. The van der Waals surface area contributed by atoms with Crippen molar-refractivity contribution in [2.24, 2.45) is 11.3 Å². The molecular weight excluding hydrogens is 424 g/mol. The molecule has 1 saturated carbocycles. The molecule has 0 radical (unpaired) electrons. The average Bonchev–Trinajstić information content (AvgIpc) is 3.46. The fourth-order valence-corrected chi connectivity index (χ4v) is 5.93. The summed E-state index contributed by atoms with van der Waals surface area (Å²) in [4.78, 5) is 26.2. The Bertz CT molecular complexity index is 1140. The van der Waals surface area contributed by atoms with Crippen molar-refractivity contribution in [3.8, 4) is 5.69 Å². The van der Waals surface area contributed by atoms with Gasteiger partial charge in [0.05, 0.1) is 12.2 Å². The number of nitrogens with zero attached hydrogens (tertiary/aromatic N) is 6. The van der Waals surface area contributed by atoms with Gasteiger partial charge in [0, 0.05) is 42.3 Å². The third-order valence-corrected chi connectivity index (χ3v) is 7.74. The summed E-state index contributed by atoms with van der Waals surface area (Å²) in [6, 6.07) is 12.2. The molecule has 164 valence electrons. The molecule has 2 atom stereocenters. The molecule has 0 bridgehead atoms. The zero-order valence-electron chi connectivity index (χ0n) is 17.8. The predicted octanol–water partition coefficient (Wildman–Crippen LogP) is 3.51. The smallest absolute Gasteiger partial charge is 0.146 e. The van der Waals surface area contributed by atoms with E-state index in [2.05, 4.69) is 30.9 Å². The first kappa shape index (κ1) is 19.9. The summed E-state index contributed by atoms with van der Waals surface area (Å²) in [5, 5.41) is 5.15. The molecule has 32 heavy (non-hydrogen) atoms. The van der Waals surface area contributed by atoms with Crippen LogP contribution in [0.3, 0.4) is 0 Å². The van der Waals surface area contributed by atoms with Crippen LogP contribution in [0.4, 0.5) is 5.82 Å². The monoisotopic (exact) mass is 448 g/mol. The van der Waals surface area contributed by atoms with Gasteiger partial charge in [-0.2, -0.15) is 5.10 Å². The van der Waals surface area contributed by atoms with Crippen LogP contribution in [0.15, 0.2) is 48.9 Å². The number of pyridine rings is 1. The Labute approximate surface area is 192 Å². The van der Waals surface area contributed by atoms with Crippen LogP contribution in [0, 0.1) is 11.3 Å². The highest BCUT2D eigenvalue weighted by atomic mass is 35.5. The number of fused-ring (bicyclic) bond motifs is 3. The summed E-state index contributed by atoms with van der Waals surface area (Å²) in [5.41, 5.74) is 1.87. The van der Waals surface area contributed by atoms with Crippen LogP contribution in [-0.2, 0) is 17.9 Å². The van der Waals surface area contributed by atoms with Crippen molar-refractivity contribution < 1.29 is 4.79 Å². The molecule has 2 fully saturated rings. The molecule has 1 aliphatic carbocycles. The van der Waals surface area contributed by atoms with Gasteiger partial charge in [0.25, 0.3) is 0 Å². The highest BCUT2D eigenvalue weighted by Gasteiger charge is 2.61. The zero-order valence-corrected chi connectivity index (χ0v) is 18.5. The van der Waals surface area contributed by atoms with Gasteiger partial charge in [0.2, 0.25) is 0 Å². The van der Waals surface area contributed by atoms with Crippen LogP contribution in [0.1, 0.15) is 30.7 Å². The maximum Gasteiger partial charge on any atom is 0.146 e. The molecule has 0 amide bonds. The molecule has 7 nitrogen and oxygen atoms in total. The van der Waals surface area contributed by atoms with Gasteiger partial charge in [0.1, 0.15) is 24.3 Å². The van der Waals surface area contributed by atoms with Crippen molar-refractivity contribution in [2.75, 3.05) is 18.0 Å². The Hall–Kier alpha value is -2.77. The van der Waals surface area contributed by atoms with Crippen molar-refractivity contribution in [1.82, 2.24) is 24.6 Å². The summed E-state index contributed by atoms with van der Waals surface area (Å²) in [6.07, 6.45) is 7.62. The standard InChI is InChI=1S/C24H25ClN6O/c25-19-4-5-20-17(11-19)13-30(14-23-27-16-28-31(20)23)21-12-24(21,15-32)18-6-9-29(10-7-18)22-3-1-2-8-26-22/h1-5,8,11,15-16,18,21H,6-7,9-10,12-14H2. The Morgan fingerprint density at radius 1 is 1.09 bits per heavy atom. The highest BCUT2D eigenvalue weighted by Crippen LogP contribution is 2.57. The van der Waals surface area contributed by atoms with Crippen LogP contribution >= 0.6 is 11.6 Å². The highest BCUT2D eigenvalue weighted by molar-refractivity contribution is 6.30. The van der Waals surface area contributed by atoms with E-state index in [1.807, 2.05) is 41.2 Å². The van der Waals surface area contributed by atoms with E-state index in [0.29, 0.717) is 17.5 Å². The second-order valence-electron chi connectivity index (χ2n) is 9.17. The quantitative estimate of drug-likeness (QED) is 0.569. The Kier molecular flexibility index (Phi) is 4.77. The fraction of sp³-hybridized carbons (Fsp3) is 0.417. The molecule has 1 aromatic carbocycles. The van der Waals surface area contributed by atoms with Crippen LogP contribution in [-0.4, -0.2) is 50.1 Å². The van der Waals surface area contributed by atoms with Gasteiger partial charge in [-0.05, 0) is 61.1 Å². The summed E-state index contributed by atoms with van der Waals surface area (Å²) < 4.78 is 1.90. The Morgan fingerprint density at radius 3 is 2.75 bits per heavy atom. The number of aldehydes is 1. The third kappa shape index (κ3) is 3.22. The Morgan fingerprint density at radius 2 is 1.97 bits per heavy atom. The van der Waals surface area contributed by atoms with E-state index in [-0.39, 0.29) is 11.5 Å². The van der Waals surface area contributed by atoms with Gasteiger partial charge in [-0.3, -0.25) is 4.90 Å². The number of halogens is 1. The van der Waals surface area contributed by atoms with Crippen molar-refractivity contribution in [2.45, 2.75) is 38.4 Å². The average molecular weight is 449 g/mol. The second kappa shape index (κ2) is 7.67. The van der Waals surface area contributed by atoms with Crippen LogP contribution in [0.2, 0.25) is 5.02 Å². The molecular formula is C24H25ClN6O. The number of hydrogen-bond acceptors (Lipinski definition) is 6. The fourth-order valence-electron chi connectivity index (χ4n) is 5.73. The van der Waals surface area contributed by atoms with E-state index in [9.17, 15) is 4.79 Å². The number of piperidine rings is 1. The van der Waals surface area contributed by atoms with E-state index in [4.69, 9.17) is 11.6 Å². The van der Waals surface area contributed by atoms with Gasteiger partial charge in [-0.25, -0.2) is 14.6 Å². The van der Waals surface area contributed by atoms with Gasteiger partial charge >= 0.3 is 0 Å². The molecule has 3 aromatic rings. The molecule has 6 rings (SSSR count). The minimum Gasteiger partial charge on any atom is -0.357 e. The molecule has 2 unspecified atom stereocenters. The largest absolute Gasteiger partial charge is 0.357 e. The van der Waals surface area contributed by atoms with Crippen molar-refractivity contribution in [3.63, 3.8) is 0 Å². The van der Waals surface area contributed by atoms with Crippen molar-refractivity contribution in [1.29, 1.82) is 0 Å². The van der Waals surface area contributed by atoms with Crippen molar-refractivity contribution >= 4 is 23.7 Å². The lowest BCUT2D eigenvalue weighted by Crippen LogP contribution is -2.40. The molecule has 2 aliphatic heterocycles. The number of aromatic nitrogens is 4. The number of anilines is 1. The second-order valence-corrected chi connectivity index (χ2v) is 9.60. The number of rotatable bonds is 4. The number of carbonyl (C=O) groups excluding carboxylic acids is 1. The molecule has 2 aromatic heterocycles. The van der Waals surface area contributed by atoms with Crippen LogP contribution in [0.5, 0.6) is 0 Å². The van der Waals surface area contributed by atoms with E-state index in [1.54, 1.807) is 6.33 Å². The molecule has 4 heterocycles. The van der Waals surface area contributed by atoms with E-state index in [0.717, 1.165) is 61.8 Å². The predicted molar refractivity (Wildman–Crippen MR) is 122 cm³/mol. The van der Waals surface area contributed by atoms with Crippen LogP contribution < -0.4 is 4.90 Å². The van der Waals surface area contributed by atoms with E-state index in [1.165, 1.54) is 6.29 Å². The SMILES string of the molecule is O=CC1(C2CCN(c3ccccn3)CC2)CC1N1Cc2cc(Cl)ccc2-n2ncnc2C1.